The van der Waals surface area contributed by atoms with Crippen molar-refractivity contribution in [2.75, 3.05) is 0 Å². The highest BCUT2D eigenvalue weighted by atomic mass is 19.3. The van der Waals surface area contributed by atoms with Crippen LogP contribution < -0.4 is 10.5 Å². The summed E-state index contributed by atoms with van der Waals surface area (Å²) in [6.07, 6.45) is 1.80. The van der Waals surface area contributed by atoms with Crippen LogP contribution in [0.3, 0.4) is 0 Å². The molecule has 0 bridgehead atoms. The van der Waals surface area contributed by atoms with Crippen molar-refractivity contribution in [3.8, 4) is 17.0 Å². The molecular formula is C12H13F2N3O. The Labute approximate surface area is 103 Å². The van der Waals surface area contributed by atoms with Crippen molar-refractivity contribution in [1.29, 1.82) is 0 Å². The molecule has 0 unspecified atom stereocenters. The summed E-state index contributed by atoms with van der Waals surface area (Å²) in [6, 6.07) is 6.41. The lowest BCUT2D eigenvalue weighted by atomic mass is 10.1. The van der Waals surface area contributed by atoms with Gasteiger partial charge in [0.2, 0.25) is 0 Å². The number of halogens is 2. The predicted molar refractivity (Wildman–Crippen MR) is 63.2 cm³/mol. The van der Waals surface area contributed by atoms with E-state index in [0.29, 0.717) is 17.8 Å². The molecular weight excluding hydrogens is 240 g/mol. The van der Waals surface area contributed by atoms with Gasteiger partial charge >= 0.3 is 6.61 Å². The molecule has 1 heterocycles. The Morgan fingerprint density at radius 3 is 2.89 bits per heavy atom. The fourth-order valence-corrected chi connectivity index (χ4v) is 1.75. The molecule has 0 atom stereocenters. The minimum Gasteiger partial charge on any atom is -0.435 e. The van der Waals surface area contributed by atoms with Gasteiger partial charge < -0.3 is 10.5 Å². The van der Waals surface area contributed by atoms with E-state index in [2.05, 4.69) is 9.84 Å². The number of hydrogen-bond acceptors (Lipinski definition) is 3. The largest absolute Gasteiger partial charge is 0.435 e. The van der Waals surface area contributed by atoms with Crippen LogP contribution in [0.25, 0.3) is 11.3 Å². The number of rotatable bonds is 4. The molecule has 1 aromatic heterocycles. The molecule has 0 aliphatic rings. The predicted octanol–water partition coefficient (Wildman–Crippen LogP) is 2.15. The average molecular weight is 253 g/mol. The molecule has 1 aromatic carbocycles. The molecule has 0 fully saturated rings. The second-order valence-corrected chi connectivity index (χ2v) is 3.79. The minimum absolute atomic E-state index is 0.108. The number of hydrogen-bond donors (Lipinski definition) is 1. The quantitative estimate of drug-likeness (QED) is 0.908. The molecule has 0 spiro atoms. The molecule has 96 valence electrons. The van der Waals surface area contributed by atoms with Gasteiger partial charge in [-0.25, -0.2) is 0 Å². The summed E-state index contributed by atoms with van der Waals surface area (Å²) in [6.45, 7) is -2.50. The first-order valence-corrected chi connectivity index (χ1v) is 5.38. The van der Waals surface area contributed by atoms with Crippen LogP contribution in [-0.2, 0) is 13.6 Å². The van der Waals surface area contributed by atoms with Gasteiger partial charge in [0.15, 0.2) is 0 Å². The number of aryl methyl sites for hydroxylation is 1. The van der Waals surface area contributed by atoms with Gasteiger partial charge in [-0.05, 0) is 12.1 Å². The Morgan fingerprint density at radius 1 is 1.44 bits per heavy atom. The lowest BCUT2D eigenvalue weighted by Crippen LogP contribution is -2.02. The van der Waals surface area contributed by atoms with Crippen molar-refractivity contribution in [1.82, 2.24) is 9.78 Å². The highest BCUT2D eigenvalue weighted by Gasteiger charge is 2.11. The third kappa shape index (κ3) is 2.65. The molecule has 2 rings (SSSR count). The minimum atomic E-state index is -2.84. The zero-order chi connectivity index (χ0) is 13.1. The molecule has 0 radical (unpaired) electrons. The van der Waals surface area contributed by atoms with Crippen LogP contribution in [0.1, 0.15) is 5.56 Å². The van der Waals surface area contributed by atoms with Crippen molar-refractivity contribution in [3.63, 3.8) is 0 Å². The third-order valence-electron chi connectivity index (χ3n) is 2.46. The van der Waals surface area contributed by atoms with Crippen LogP contribution in [0, 0.1) is 0 Å². The summed E-state index contributed by atoms with van der Waals surface area (Å²) >= 11 is 0. The van der Waals surface area contributed by atoms with Crippen molar-refractivity contribution in [2.24, 2.45) is 12.8 Å². The molecule has 4 nitrogen and oxygen atoms in total. The topological polar surface area (TPSA) is 53.1 Å². The fourth-order valence-electron chi connectivity index (χ4n) is 1.75. The van der Waals surface area contributed by atoms with Crippen LogP contribution in [0.5, 0.6) is 5.75 Å². The fraction of sp³-hybridized carbons (Fsp3) is 0.250. The Bertz CT molecular complexity index is 540. The van der Waals surface area contributed by atoms with Crippen LogP contribution in [-0.4, -0.2) is 16.4 Å². The number of alkyl halides is 2. The van der Waals surface area contributed by atoms with E-state index >= 15 is 0 Å². The molecule has 2 aromatic rings. The first kappa shape index (κ1) is 12.5. The maximum absolute atomic E-state index is 12.1. The summed E-state index contributed by atoms with van der Waals surface area (Å²) < 4.78 is 30.3. The standard InChI is InChI=1S/C12H13F2N3O/c1-17-7-9(6-15)11(16-17)8-3-2-4-10(5-8)18-12(13)14/h2-5,7,12H,6,15H2,1H3. The summed E-state index contributed by atoms with van der Waals surface area (Å²) in [5.41, 5.74) is 7.85. The van der Waals surface area contributed by atoms with Gasteiger partial charge in [-0.2, -0.15) is 13.9 Å². The normalized spacial score (nSPS) is 10.9. The van der Waals surface area contributed by atoms with Gasteiger partial charge in [0.25, 0.3) is 0 Å². The first-order valence-electron chi connectivity index (χ1n) is 5.38. The maximum atomic E-state index is 12.1. The second-order valence-electron chi connectivity index (χ2n) is 3.79. The van der Waals surface area contributed by atoms with E-state index in [0.717, 1.165) is 5.56 Å². The van der Waals surface area contributed by atoms with E-state index in [1.54, 1.807) is 30.1 Å². The first-order chi connectivity index (χ1) is 8.60. The van der Waals surface area contributed by atoms with Crippen molar-refractivity contribution in [3.05, 3.63) is 36.0 Å². The van der Waals surface area contributed by atoms with E-state index in [9.17, 15) is 8.78 Å². The van der Waals surface area contributed by atoms with Gasteiger partial charge in [0.05, 0.1) is 5.69 Å². The monoisotopic (exact) mass is 253 g/mol. The Hall–Kier alpha value is -1.95. The number of nitrogens with zero attached hydrogens (tertiary/aromatic N) is 2. The lowest BCUT2D eigenvalue weighted by Gasteiger charge is -2.06. The smallest absolute Gasteiger partial charge is 0.387 e. The summed E-state index contributed by atoms with van der Waals surface area (Å²) in [5, 5.41) is 4.27. The highest BCUT2D eigenvalue weighted by Crippen LogP contribution is 2.26. The van der Waals surface area contributed by atoms with E-state index < -0.39 is 6.61 Å². The SMILES string of the molecule is Cn1cc(CN)c(-c2cccc(OC(F)F)c2)n1. The number of ether oxygens (including phenoxy) is 1. The zero-order valence-corrected chi connectivity index (χ0v) is 9.81. The van der Waals surface area contributed by atoms with Crippen molar-refractivity contribution in [2.45, 2.75) is 13.2 Å². The van der Waals surface area contributed by atoms with Crippen LogP contribution in [0.15, 0.2) is 30.5 Å². The van der Waals surface area contributed by atoms with Gasteiger partial charge in [-0.3, -0.25) is 4.68 Å². The number of nitrogens with two attached hydrogens (primary N) is 1. The van der Waals surface area contributed by atoms with Gasteiger partial charge in [0, 0.05) is 30.9 Å². The molecule has 0 amide bonds. The number of benzene rings is 1. The summed E-state index contributed by atoms with van der Waals surface area (Å²) in [7, 11) is 1.78. The average Bonchev–Trinajstić information content (AvgIpc) is 2.70. The molecule has 0 aliphatic heterocycles. The third-order valence-corrected chi connectivity index (χ3v) is 2.46. The van der Waals surface area contributed by atoms with Gasteiger partial charge in [-0.1, -0.05) is 12.1 Å². The van der Waals surface area contributed by atoms with E-state index in [1.165, 1.54) is 12.1 Å². The molecule has 0 aliphatic carbocycles. The number of aromatic nitrogens is 2. The van der Waals surface area contributed by atoms with Crippen molar-refractivity contribution >= 4 is 0 Å². The van der Waals surface area contributed by atoms with Crippen LogP contribution in [0.4, 0.5) is 8.78 Å². The molecule has 0 saturated carbocycles. The maximum Gasteiger partial charge on any atom is 0.387 e. The van der Waals surface area contributed by atoms with E-state index in [1.807, 2.05) is 0 Å². The Morgan fingerprint density at radius 2 is 2.22 bits per heavy atom. The summed E-state index contributed by atoms with van der Waals surface area (Å²) in [5.74, 6) is 0.108. The summed E-state index contributed by atoms with van der Waals surface area (Å²) in [4.78, 5) is 0. The Balaban J connectivity index is 2.37. The molecule has 0 saturated heterocycles. The van der Waals surface area contributed by atoms with Crippen molar-refractivity contribution < 1.29 is 13.5 Å². The molecule has 2 N–H and O–H groups in total. The lowest BCUT2D eigenvalue weighted by molar-refractivity contribution is -0.0498. The Kier molecular flexibility index (Phi) is 3.57. The van der Waals surface area contributed by atoms with Gasteiger partial charge in [-0.15, -0.1) is 0 Å². The van der Waals surface area contributed by atoms with E-state index in [-0.39, 0.29) is 5.75 Å². The zero-order valence-electron chi connectivity index (χ0n) is 9.81. The van der Waals surface area contributed by atoms with Crippen LogP contribution >= 0.6 is 0 Å². The van der Waals surface area contributed by atoms with Crippen LogP contribution in [0.2, 0.25) is 0 Å². The molecule has 18 heavy (non-hydrogen) atoms. The highest BCUT2D eigenvalue weighted by molar-refractivity contribution is 5.64. The molecule has 6 heteroatoms. The van der Waals surface area contributed by atoms with E-state index in [4.69, 9.17) is 5.73 Å². The van der Waals surface area contributed by atoms with Gasteiger partial charge in [0.1, 0.15) is 5.75 Å². The second kappa shape index (κ2) is 5.14.